The van der Waals surface area contributed by atoms with Gasteiger partial charge >= 0.3 is 0 Å². The minimum Gasteiger partial charge on any atom is -0.364 e. The highest BCUT2D eigenvalue weighted by molar-refractivity contribution is 7.90. The van der Waals surface area contributed by atoms with Crippen molar-refractivity contribution in [2.45, 2.75) is 23.8 Å². The Kier molecular flexibility index (Phi) is 6.09. The molecule has 2 saturated heterocycles. The van der Waals surface area contributed by atoms with Gasteiger partial charge < -0.3 is 26.6 Å². The van der Waals surface area contributed by atoms with Crippen LogP contribution in [-0.4, -0.2) is 68.7 Å². The second-order valence-electron chi connectivity index (χ2n) is 9.52. The van der Waals surface area contributed by atoms with Crippen molar-refractivity contribution in [3.8, 4) is 0 Å². The fourth-order valence-electron chi connectivity index (χ4n) is 5.13. The molecule has 186 valence electrons. The van der Waals surface area contributed by atoms with Crippen molar-refractivity contribution in [3.05, 3.63) is 36.2 Å². The molecule has 0 radical (unpaired) electrons. The van der Waals surface area contributed by atoms with Crippen molar-refractivity contribution in [1.82, 2.24) is 20.6 Å². The Bertz CT molecular complexity index is 1240. The number of carbonyl (C=O) groups is 2. The summed E-state index contributed by atoms with van der Waals surface area (Å²) in [5, 5.41) is 9.56. The number of rotatable bonds is 7. The zero-order valence-electron chi connectivity index (χ0n) is 19.4. The standard InChI is InChI=1S/C23H29N7O4S/c1-35(33,34)15-6-4-13(5-7-15)27-22-20(21(24)31)26-11-18(29-22)30-8-2-3-14(12-30)28-23(32)19-16-9-25-10-17(16)19/h4-7,11,14,16-17,19,25H,2-3,8-10,12H2,1H3,(H2,24,31)(H,27,29)(H,28,32)/t14-,16-,17+,19?/m1/s1. The quantitative estimate of drug-likeness (QED) is 0.419. The van der Waals surface area contributed by atoms with Gasteiger partial charge in [-0.05, 0) is 62.0 Å². The van der Waals surface area contributed by atoms with Crippen LogP contribution < -0.4 is 26.6 Å². The van der Waals surface area contributed by atoms with Gasteiger partial charge in [-0.3, -0.25) is 9.59 Å². The van der Waals surface area contributed by atoms with E-state index in [-0.39, 0.29) is 34.3 Å². The van der Waals surface area contributed by atoms with Crippen LogP contribution in [0.2, 0.25) is 0 Å². The molecular weight excluding hydrogens is 470 g/mol. The molecule has 1 saturated carbocycles. The fraction of sp³-hybridized carbons (Fsp3) is 0.478. The first kappa shape index (κ1) is 23.5. The number of benzene rings is 1. The lowest BCUT2D eigenvalue weighted by Gasteiger charge is -2.34. The Morgan fingerprint density at radius 1 is 1.17 bits per heavy atom. The number of nitrogens with zero attached hydrogens (tertiary/aromatic N) is 3. The number of anilines is 3. The average molecular weight is 500 g/mol. The first-order valence-electron chi connectivity index (χ1n) is 11.7. The van der Waals surface area contributed by atoms with Gasteiger partial charge in [0.05, 0.1) is 11.1 Å². The minimum atomic E-state index is -3.32. The van der Waals surface area contributed by atoms with Gasteiger partial charge in [0, 0.05) is 37.0 Å². The number of sulfone groups is 1. The van der Waals surface area contributed by atoms with E-state index in [1.165, 1.54) is 18.3 Å². The molecule has 3 aliphatic rings. The van der Waals surface area contributed by atoms with Crippen LogP contribution in [-0.2, 0) is 14.6 Å². The predicted molar refractivity (Wildman–Crippen MR) is 130 cm³/mol. The molecule has 0 spiro atoms. The van der Waals surface area contributed by atoms with Crippen LogP contribution in [0.4, 0.5) is 17.3 Å². The average Bonchev–Trinajstić information content (AvgIpc) is 3.31. The van der Waals surface area contributed by atoms with Gasteiger partial charge in [0.1, 0.15) is 5.82 Å². The van der Waals surface area contributed by atoms with E-state index in [0.717, 1.165) is 38.7 Å². The number of fused-ring (bicyclic) bond motifs is 1. The summed E-state index contributed by atoms with van der Waals surface area (Å²) in [6.45, 7) is 3.19. The number of aromatic nitrogens is 2. The van der Waals surface area contributed by atoms with Gasteiger partial charge in [0.2, 0.25) is 5.91 Å². The molecule has 0 bridgehead atoms. The molecule has 5 N–H and O–H groups in total. The zero-order valence-corrected chi connectivity index (χ0v) is 20.2. The van der Waals surface area contributed by atoms with Crippen molar-refractivity contribution < 1.29 is 18.0 Å². The maximum Gasteiger partial charge on any atom is 0.271 e. The van der Waals surface area contributed by atoms with E-state index in [1.54, 1.807) is 12.1 Å². The second-order valence-corrected chi connectivity index (χ2v) is 11.5. The number of hydrogen-bond donors (Lipinski definition) is 4. The van der Waals surface area contributed by atoms with Crippen molar-refractivity contribution in [2.75, 3.05) is 42.7 Å². The highest BCUT2D eigenvalue weighted by Gasteiger charge is 2.57. The number of carbonyl (C=O) groups excluding carboxylic acids is 2. The first-order valence-corrected chi connectivity index (χ1v) is 13.6. The van der Waals surface area contributed by atoms with Crippen molar-refractivity contribution in [3.63, 3.8) is 0 Å². The van der Waals surface area contributed by atoms with E-state index in [0.29, 0.717) is 29.9 Å². The van der Waals surface area contributed by atoms with Crippen LogP contribution in [0.1, 0.15) is 23.3 Å². The molecule has 5 rings (SSSR count). The number of nitrogens with two attached hydrogens (primary N) is 1. The molecule has 2 amide bonds. The van der Waals surface area contributed by atoms with Crippen LogP contribution >= 0.6 is 0 Å². The van der Waals surface area contributed by atoms with Crippen molar-refractivity contribution in [2.24, 2.45) is 23.5 Å². The Balaban J connectivity index is 1.30. The van der Waals surface area contributed by atoms with Crippen LogP contribution in [0.5, 0.6) is 0 Å². The molecule has 11 nitrogen and oxygen atoms in total. The van der Waals surface area contributed by atoms with E-state index in [2.05, 4.69) is 25.9 Å². The van der Waals surface area contributed by atoms with Crippen LogP contribution in [0.3, 0.4) is 0 Å². The third-order valence-corrected chi connectivity index (χ3v) is 8.15. The molecule has 3 fully saturated rings. The number of amides is 2. The predicted octanol–water partition coefficient (Wildman–Crippen LogP) is 0.273. The summed E-state index contributed by atoms with van der Waals surface area (Å²) in [5.41, 5.74) is 6.03. The number of nitrogens with one attached hydrogen (secondary N) is 3. The molecule has 3 heterocycles. The SMILES string of the molecule is CS(=O)(=O)c1ccc(Nc2nc(N3CCC[C@@H](NC(=O)C4[C@H]5CNC[C@@H]45)C3)cnc2C(N)=O)cc1. The normalized spacial score (nSPS) is 25.6. The zero-order chi connectivity index (χ0) is 24.7. The molecular formula is C23H29N7O4S. The van der Waals surface area contributed by atoms with Crippen molar-refractivity contribution in [1.29, 1.82) is 0 Å². The summed E-state index contributed by atoms with van der Waals surface area (Å²) in [7, 11) is -3.32. The largest absolute Gasteiger partial charge is 0.364 e. The maximum absolute atomic E-state index is 12.7. The highest BCUT2D eigenvalue weighted by Crippen LogP contribution is 2.48. The number of hydrogen-bond acceptors (Lipinski definition) is 9. The van der Waals surface area contributed by atoms with Crippen molar-refractivity contribution >= 4 is 39.0 Å². The lowest BCUT2D eigenvalue weighted by atomic mass is 10.1. The smallest absolute Gasteiger partial charge is 0.271 e. The summed E-state index contributed by atoms with van der Waals surface area (Å²) in [6.07, 6.45) is 4.43. The minimum absolute atomic E-state index is 0.0168. The summed E-state index contributed by atoms with van der Waals surface area (Å²) >= 11 is 0. The van der Waals surface area contributed by atoms with Crippen LogP contribution in [0, 0.1) is 17.8 Å². The van der Waals surface area contributed by atoms with Gasteiger partial charge in [0.25, 0.3) is 5.91 Å². The van der Waals surface area contributed by atoms with E-state index in [4.69, 9.17) is 5.73 Å². The molecule has 2 aromatic rings. The Labute approximate surface area is 203 Å². The van der Waals surface area contributed by atoms with Gasteiger partial charge in [-0.25, -0.2) is 18.4 Å². The fourth-order valence-corrected chi connectivity index (χ4v) is 5.76. The molecule has 1 unspecified atom stereocenters. The molecule has 4 atom stereocenters. The van der Waals surface area contributed by atoms with Gasteiger partial charge in [-0.1, -0.05) is 0 Å². The lowest BCUT2D eigenvalue weighted by molar-refractivity contribution is -0.123. The third-order valence-electron chi connectivity index (χ3n) is 7.02. The summed E-state index contributed by atoms with van der Waals surface area (Å²) in [4.78, 5) is 35.7. The summed E-state index contributed by atoms with van der Waals surface area (Å²) < 4.78 is 23.4. The van der Waals surface area contributed by atoms with Crippen LogP contribution in [0.15, 0.2) is 35.4 Å². The van der Waals surface area contributed by atoms with Gasteiger partial charge in [0.15, 0.2) is 21.3 Å². The van der Waals surface area contributed by atoms with Crippen LogP contribution in [0.25, 0.3) is 0 Å². The number of primary amides is 1. The third kappa shape index (κ3) is 4.94. The number of piperidine rings is 2. The molecule has 12 heteroatoms. The highest BCUT2D eigenvalue weighted by atomic mass is 32.2. The Morgan fingerprint density at radius 2 is 1.89 bits per heavy atom. The van der Waals surface area contributed by atoms with E-state index < -0.39 is 15.7 Å². The molecule has 1 aromatic carbocycles. The monoisotopic (exact) mass is 499 g/mol. The molecule has 2 aliphatic heterocycles. The van der Waals surface area contributed by atoms with Gasteiger partial charge in [-0.2, -0.15) is 0 Å². The van der Waals surface area contributed by atoms with Gasteiger partial charge in [-0.15, -0.1) is 0 Å². The molecule has 1 aliphatic carbocycles. The lowest BCUT2D eigenvalue weighted by Crippen LogP contribution is -2.49. The first-order chi connectivity index (χ1) is 16.7. The van der Waals surface area contributed by atoms with E-state index in [1.807, 2.05) is 4.90 Å². The topological polar surface area (TPSA) is 159 Å². The molecule has 1 aromatic heterocycles. The maximum atomic E-state index is 12.7. The molecule has 35 heavy (non-hydrogen) atoms. The summed E-state index contributed by atoms with van der Waals surface area (Å²) in [5.74, 6) is 1.24. The Hall–Kier alpha value is -3.25. The van der Waals surface area contributed by atoms with E-state index >= 15 is 0 Å². The second kappa shape index (κ2) is 9.08. The Morgan fingerprint density at radius 3 is 2.54 bits per heavy atom. The summed E-state index contributed by atoms with van der Waals surface area (Å²) in [6, 6.07) is 6.14. The van der Waals surface area contributed by atoms with E-state index in [9.17, 15) is 18.0 Å².